The van der Waals surface area contributed by atoms with Gasteiger partial charge in [0.15, 0.2) is 0 Å². The van der Waals surface area contributed by atoms with E-state index < -0.39 is 0 Å². The van der Waals surface area contributed by atoms with Crippen LogP contribution >= 0.6 is 0 Å². The third-order valence-electron chi connectivity index (χ3n) is 8.51. The largest absolute Gasteiger partial charge is 0.0622 e. The molecule has 0 fully saturated rings. The zero-order chi connectivity index (χ0) is 29.7. The minimum Gasteiger partial charge on any atom is -0.0622 e. The summed E-state index contributed by atoms with van der Waals surface area (Å²) in [6.07, 6.45) is 1.08. The van der Waals surface area contributed by atoms with Crippen molar-refractivity contribution in [1.82, 2.24) is 0 Å². The average molecular weight is 563 g/mol. The molecule has 0 aromatic heterocycles. The van der Waals surface area contributed by atoms with E-state index in [1.807, 2.05) is 6.07 Å². The Hall–Kier alpha value is -5.46. The van der Waals surface area contributed by atoms with E-state index in [0.717, 1.165) is 6.42 Å². The Kier molecular flexibility index (Phi) is 7.72. The molecule has 0 saturated heterocycles. The molecule has 0 aliphatic rings. The standard InChI is InChI=1S/C24H16.C20H18/c1-2-8-17(9-3-1)18-14-15-23-21-12-5-4-10-19(21)20-11-6-7-13-22(20)24(23)16-18;1-2-16-7-6-10-20(15-16)19-13-11-18(12-14-19)17-8-4-3-5-9-17/h1-16H;3-15H,2H2,1H3. The summed E-state index contributed by atoms with van der Waals surface area (Å²) in [6.45, 7) is 2.19. The van der Waals surface area contributed by atoms with Crippen molar-refractivity contribution in [3.63, 3.8) is 0 Å². The molecule has 0 heteroatoms. The Balaban J connectivity index is 0.000000145. The van der Waals surface area contributed by atoms with Gasteiger partial charge in [-0.25, -0.2) is 0 Å². The third kappa shape index (κ3) is 5.51. The lowest BCUT2D eigenvalue weighted by Crippen LogP contribution is -1.84. The van der Waals surface area contributed by atoms with Crippen LogP contribution in [0, 0.1) is 0 Å². The Morgan fingerprint density at radius 2 is 0.636 bits per heavy atom. The van der Waals surface area contributed by atoms with Gasteiger partial charge in [0.25, 0.3) is 0 Å². The van der Waals surface area contributed by atoms with Crippen LogP contribution in [0.25, 0.3) is 65.7 Å². The maximum atomic E-state index is 2.33. The van der Waals surface area contributed by atoms with Crippen molar-refractivity contribution in [2.75, 3.05) is 0 Å². The summed E-state index contributed by atoms with van der Waals surface area (Å²) < 4.78 is 0. The van der Waals surface area contributed by atoms with Gasteiger partial charge in [-0.1, -0.05) is 177 Å². The van der Waals surface area contributed by atoms with Crippen molar-refractivity contribution in [1.29, 1.82) is 0 Å². The van der Waals surface area contributed by atoms with E-state index in [9.17, 15) is 0 Å². The molecule has 0 bridgehead atoms. The Labute approximate surface area is 259 Å². The molecule has 0 heterocycles. The van der Waals surface area contributed by atoms with E-state index >= 15 is 0 Å². The number of hydrogen-bond acceptors (Lipinski definition) is 0. The van der Waals surface area contributed by atoms with E-state index in [1.165, 1.54) is 71.3 Å². The van der Waals surface area contributed by atoms with Gasteiger partial charge in [-0.05, 0) is 83.7 Å². The van der Waals surface area contributed by atoms with E-state index in [-0.39, 0.29) is 0 Å². The van der Waals surface area contributed by atoms with Crippen LogP contribution < -0.4 is 0 Å². The number of aryl methyl sites for hydroxylation is 1. The van der Waals surface area contributed by atoms with Gasteiger partial charge in [-0.15, -0.1) is 0 Å². The molecular formula is C44H34. The van der Waals surface area contributed by atoms with Crippen molar-refractivity contribution < 1.29 is 0 Å². The zero-order valence-corrected chi connectivity index (χ0v) is 25.0. The Morgan fingerprint density at radius 3 is 1.18 bits per heavy atom. The fourth-order valence-corrected chi connectivity index (χ4v) is 6.17. The predicted molar refractivity (Wildman–Crippen MR) is 191 cm³/mol. The van der Waals surface area contributed by atoms with Gasteiger partial charge in [0.1, 0.15) is 0 Å². The van der Waals surface area contributed by atoms with Crippen molar-refractivity contribution >= 4 is 32.3 Å². The number of rotatable bonds is 4. The normalized spacial score (nSPS) is 10.9. The first-order valence-corrected chi connectivity index (χ1v) is 15.4. The van der Waals surface area contributed by atoms with E-state index in [2.05, 4.69) is 177 Å². The highest BCUT2D eigenvalue weighted by Crippen LogP contribution is 2.37. The SMILES string of the molecule is CCc1cccc(-c2ccc(-c3ccccc3)cc2)c1.c1ccc(-c2ccc3c4ccccc4c4ccccc4c3c2)cc1. The maximum Gasteiger partial charge on any atom is -0.00928 e. The van der Waals surface area contributed by atoms with E-state index in [0.29, 0.717) is 0 Å². The Morgan fingerprint density at radius 1 is 0.273 bits per heavy atom. The molecule has 8 rings (SSSR count). The van der Waals surface area contributed by atoms with E-state index in [4.69, 9.17) is 0 Å². The second-order valence-corrected chi connectivity index (χ2v) is 11.2. The van der Waals surface area contributed by atoms with Crippen LogP contribution in [0.15, 0.2) is 176 Å². The predicted octanol–water partition coefficient (Wildman–Crippen LogP) is 12.4. The van der Waals surface area contributed by atoms with Crippen LogP contribution in [0.5, 0.6) is 0 Å². The summed E-state index contributed by atoms with van der Waals surface area (Å²) in [5, 5.41) is 7.95. The van der Waals surface area contributed by atoms with Gasteiger partial charge in [0.2, 0.25) is 0 Å². The van der Waals surface area contributed by atoms with Crippen LogP contribution in [0.3, 0.4) is 0 Å². The van der Waals surface area contributed by atoms with Crippen molar-refractivity contribution in [2.24, 2.45) is 0 Å². The molecule has 44 heavy (non-hydrogen) atoms. The first-order valence-electron chi connectivity index (χ1n) is 15.4. The lowest BCUT2D eigenvalue weighted by Gasteiger charge is -2.12. The molecule has 0 amide bonds. The van der Waals surface area contributed by atoms with Crippen LogP contribution in [0.2, 0.25) is 0 Å². The highest BCUT2D eigenvalue weighted by Gasteiger charge is 2.09. The zero-order valence-electron chi connectivity index (χ0n) is 25.0. The lowest BCUT2D eigenvalue weighted by atomic mass is 9.92. The second kappa shape index (κ2) is 12.4. The second-order valence-electron chi connectivity index (χ2n) is 11.2. The molecule has 0 aliphatic carbocycles. The first kappa shape index (κ1) is 27.4. The van der Waals surface area contributed by atoms with Gasteiger partial charge in [-0.2, -0.15) is 0 Å². The molecule has 0 saturated carbocycles. The van der Waals surface area contributed by atoms with Gasteiger partial charge >= 0.3 is 0 Å². The quantitative estimate of drug-likeness (QED) is 0.187. The van der Waals surface area contributed by atoms with Crippen molar-refractivity contribution in [3.05, 3.63) is 181 Å². The van der Waals surface area contributed by atoms with Gasteiger partial charge in [0.05, 0.1) is 0 Å². The maximum absolute atomic E-state index is 2.33. The smallest absolute Gasteiger partial charge is 0.00928 e. The van der Waals surface area contributed by atoms with E-state index in [1.54, 1.807) is 0 Å². The van der Waals surface area contributed by atoms with Crippen LogP contribution in [0.4, 0.5) is 0 Å². The number of hydrogen-bond donors (Lipinski definition) is 0. The summed E-state index contributed by atoms with van der Waals surface area (Å²) in [4.78, 5) is 0. The van der Waals surface area contributed by atoms with Crippen molar-refractivity contribution in [2.45, 2.75) is 13.3 Å². The molecule has 0 nitrogen and oxygen atoms in total. The fourth-order valence-electron chi connectivity index (χ4n) is 6.17. The van der Waals surface area contributed by atoms with Gasteiger partial charge in [-0.3, -0.25) is 0 Å². The monoisotopic (exact) mass is 562 g/mol. The molecule has 8 aromatic carbocycles. The van der Waals surface area contributed by atoms with Gasteiger partial charge < -0.3 is 0 Å². The molecule has 0 radical (unpaired) electrons. The minimum atomic E-state index is 1.08. The molecule has 0 spiro atoms. The van der Waals surface area contributed by atoms with Crippen LogP contribution in [-0.2, 0) is 6.42 Å². The number of fused-ring (bicyclic) bond motifs is 6. The summed E-state index contributed by atoms with van der Waals surface area (Å²) in [5.74, 6) is 0. The summed E-state index contributed by atoms with van der Waals surface area (Å²) in [7, 11) is 0. The Bertz CT molecular complexity index is 2140. The van der Waals surface area contributed by atoms with Gasteiger partial charge in [0, 0.05) is 0 Å². The average Bonchev–Trinajstić information content (AvgIpc) is 3.12. The molecule has 0 atom stereocenters. The molecule has 8 aromatic rings. The molecule has 0 unspecified atom stereocenters. The topological polar surface area (TPSA) is 0 Å². The summed E-state index contributed by atoms with van der Waals surface area (Å²) in [5.41, 5.74) is 9.01. The van der Waals surface area contributed by atoms with Crippen LogP contribution in [0.1, 0.15) is 12.5 Å². The fraction of sp³-hybridized carbons (Fsp3) is 0.0455. The highest BCUT2D eigenvalue weighted by molar-refractivity contribution is 6.25. The first-order chi connectivity index (χ1) is 21.8. The van der Waals surface area contributed by atoms with Crippen LogP contribution in [-0.4, -0.2) is 0 Å². The lowest BCUT2D eigenvalue weighted by molar-refractivity contribution is 1.14. The number of benzene rings is 8. The highest BCUT2D eigenvalue weighted by atomic mass is 14.1. The molecule has 0 aliphatic heterocycles. The molecule has 0 N–H and O–H groups in total. The summed E-state index contributed by atoms with van der Waals surface area (Å²) >= 11 is 0. The minimum absolute atomic E-state index is 1.08. The molecule has 210 valence electrons. The third-order valence-corrected chi connectivity index (χ3v) is 8.51. The molecular weight excluding hydrogens is 528 g/mol. The van der Waals surface area contributed by atoms with Crippen molar-refractivity contribution in [3.8, 4) is 33.4 Å². The summed E-state index contributed by atoms with van der Waals surface area (Å²) in [6, 6.07) is 62.9.